The molecule has 0 spiro atoms. The van der Waals surface area contributed by atoms with Crippen LogP contribution in [0.15, 0.2) is 29.3 Å². The highest BCUT2D eigenvalue weighted by atomic mass is 19.1. The van der Waals surface area contributed by atoms with E-state index in [1.807, 2.05) is 20.8 Å². The maximum Gasteiger partial charge on any atom is 0.196 e. The lowest BCUT2D eigenvalue weighted by Gasteiger charge is -2.22. The minimum Gasteiger partial charge on any atom is -0.370 e. The molecular weight excluding hydrogens is 205 g/mol. The maximum atomic E-state index is 13.5. The van der Waals surface area contributed by atoms with Crippen LogP contribution >= 0.6 is 0 Å². The fourth-order valence-electron chi connectivity index (χ4n) is 1.27. The minimum atomic E-state index is -0.308. The van der Waals surface area contributed by atoms with E-state index in [0.29, 0.717) is 11.6 Å². The molecule has 0 unspecified atom stereocenters. The van der Waals surface area contributed by atoms with Gasteiger partial charge in [-0.1, -0.05) is 12.1 Å². The third-order valence-electron chi connectivity index (χ3n) is 2.01. The zero-order chi connectivity index (χ0) is 12.3. The van der Waals surface area contributed by atoms with Gasteiger partial charge in [-0.05, 0) is 32.9 Å². The second-order valence-corrected chi connectivity index (χ2v) is 4.65. The number of anilines is 1. The Hall–Kier alpha value is -1.58. The van der Waals surface area contributed by atoms with Crippen LogP contribution in [0.1, 0.15) is 20.8 Å². The maximum absolute atomic E-state index is 13.5. The number of hydrogen-bond acceptors (Lipinski definition) is 1. The lowest BCUT2D eigenvalue weighted by Crippen LogP contribution is -2.36. The summed E-state index contributed by atoms with van der Waals surface area (Å²) in [6.45, 7) is 5.82. The third kappa shape index (κ3) is 3.22. The Labute approximate surface area is 95.8 Å². The van der Waals surface area contributed by atoms with E-state index in [1.54, 1.807) is 30.1 Å². The van der Waals surface area contributed by atoms with Crippen molar-refractivity contribution < 1.29 is 4.39 Å². The Morgan fingerprint density at radius 3 is 2.38 bits per heavy atom. The Morgan fingerprint density at radius 1 is 1.31 bits per heavy atom. The van der Waals surface area contributed by atoms with Crippen molar-refractivity contribution in [1.82, 2.24) is 0 Å². The van der Waals surface area contributed by atoms with Gasteiger partial charge < -0.3 is 10.6 Å². The van der Waals surface area contributed by atoms with Gasteiger partial charge in [0, 0.05) is 7.05 Å². The standard InChI is InChI=1S/C12H18FN3/c1-12(2,3)15-11(14)16(4)10-8-6-5-7-9(10)13/h5-8H,1-4H3,(H2,14,15). The molecule has 0 saturated heterocycles. The molecule has 0 aliphatic heterocycles. The summed E-state index contributed by atoms with van der Waals surface area (Å²) in [5.74, 6) is -0.00495. The molecule has 3 nitrogen and oxygen atoms in total. The summed E-state index contributed by atoms with van der Waals surface area (Å²) in [6.07, 6.45) is 0. The third-order valence-corrected chi connectivity index (χ3v) is 2.01. The molecule has 0 atom stereocenters. The molecule has 0 saturated carbocycles. The number of guanidine groups is 1. The first-order chi connectivity index (χ1) is 7.31. The van der Waals surface area contributed by atoms with Crippen molar-refractivity contribution in [3.63, 3.8) is 0 Å². The highest BCUT2D eigenvalue weighted by Crippen LogP contribution is 2.17. The molecule has 0 aliphatic carbocycles. The largest absolute Gasteiger partial charge is 0.370 e. The predicted octanol–water partition coefficient (Wildman–Crippen LogP) is 2.38. The first-order valence-electron chi connectivity index (χ1n) is 5.15. The average Bonchev–Trinajstić information content (AvgIpc) is 2.15. The molecule has 0 amide bonds. The van der Waals surface area contributed by atoms with Gasteiger partial charge in [0.05, 0.1) is 11.2 Å². The van der Waals surface area contributed by atoms with Crippen LogP contribution in [0.3, 0.4) is 0 Å². The smallest absolute Gasteiger partial charge is 0.196 e. The van der Waals surface area contributed by atoms with Crippen LogP contribution in [0.4, 0.5) is 10.1 Å². The van der Waals surface area contributed by atoms with Gasteiger partial charge in [-0.3, -0.25) is 0 Å². The molecule has 0 fully saturated rings. The number of benzene rings is 1. The van der Waals surface area contributed by atoms with Crippen molar-refractivity contribution in [2.45, 2.75) is 26.3 Å². The van der Waals surface area contributed by atoms with Gasteiger partial charge in [0.2, 0.25) is 0 Å². The second kappa shape index (κ2) is 4.51. The van der Waals surface area contributed by atoms with E-state index in [-0.39, 0.29) is 11.4 Å². The van der Waals surface area contributed by atoms with E-state index in [0.717, 1.165) is 0 Å². The van der Waals surface area contributed by atoms with Gasteiger partial charge >= 0.3 is 0 Å². The van der Waals surface area contributed by atoms with Crippen LogP contribution in [-0.2, 0) is 0 Å². The van der Waals surface area contributed by atoms with Crippen LogP contribution in [0.2, 0.25) is 0 Å². The van der Waals surface area contributed by atoms with E-state index < -0.39 is 0 Å². The number of aliphatic imine (C=N–C) groups is 1. The van der Waals surface area contributed by atoms with Gasteiger partial charge in [0.15, 0.2) is 5.96 Å². The Kier molecular flexibility index (Phi) is 3.52. The summed E-state index contributed by atoms with van der Waals surface area (Å²) in [5, 5.41) is 0. The lowest BCUT2D eigenvalue weighted by molar-refractivity contribution is 0.580. The number of hydrogen-bond donors (Lipinski definition) is 1. The molecule has 0 radical (unpaired) electrons. The van der Waals surface area contributed by atoms with Crippen LogP contribution < -0.4 is 10.6 Å². The molecule has 1 aromatic carbocycles. The molecule has 2 N–H and O–H groups in total. The topological polar surface area (TPSA) is 41.6 Å². The fraction of sp³-hybridized carbons (Fsp3) is 0.417. The number of nitrogens with two attached hydrogens (primary N) is 1. The Bertz CT molecular complexity index is 393. The number of rotatable bonds is 1. The van der Waals surface area contributed by atoms with Gasteiger partial charge in [-0.15, -0.1) is 0 Å². The molecule has 0 aliphatic rings. The van der Waals surface area contributed by atoms with Crippen LogP contribution in [0.5, 0.6) is 0 Å². The first kappa shape index (κ1) is 12.5. The van der Waals surface area contributed by atoms with E-state index in [2.05, 4.69) is 4.99 Å². The molecule has 1 rings (SSSR count). The lowest BCUT2D eigenvalue weighted by atomic mass is 10.1. The SMILES string of the molecule is CN(C(N)=NC(C)(C)C)c1ccccc1F. The first-order valence-corrected chi connectivity index (χ1v) is 5.15. The second-order valence-electron chi connectivity index (χ2n) is 4.65. The molecule has 0 bridgehead atoms. The molecule has 88 valence electrons. The number of nitrogens with zero attached hydrogens (tertiary/aromatic N) is 2. The fourth-order valence-corrected chi connectivity index (χ4v) is 1.27. The van der Waals surface area contributed by atoms with E-state index in [4.69, 9.17) is 5.73 Å². The zero-order valence-electron chi connectivity index (χ0n) is 10.2. The molecular formula is C12H18FN3. The summed E-state index contributed by atoms with van der Waals surface area (Å²) >= 11 is 0. The van der Waals surface area contributed by atoms with E-state index in [9.17, 15) is 4.39 Å². The van der Waals surface area contributed by atoms with Crippen LogP contribution in [-0.4, -0.2) is 18.5 Å². The summed E-state index contributed by atoms with van der Waals surface area (Å²) < 4.78 is 13.5. The molecule has 16 heavy (non-hydrogen) atoms. The monoisotopic (exact) mass is 223 g/mol. The Balaban J connectivity index is 2.99. The van der Waals surface area contributed by atoms with Crippen molar-refractivity contribution in [3.8, 4) is 0 Å². The normalized spacial score (nSPS) is 12.7. The molecule has 4 heteroatoms. The highest BCUT2D eigenvalue weighted by molar-refractivity contribution is 5.94. The number of para-hydroxylation sites is 1. The van der Waals surface area contributed by atoms with Gasteiger partial charge in [0.1, 0.15) is 5.82 Å². The summed E-state index contributed by atoms with van der Waals surface area (Å²) in [5.41, 5.74) is 5.96. The van der Waals surface area contributed by atoms with E-state index >= 15 is 0 Å². The van der Waals surface area contributed by atoms with Crippen molar-refractivity contribution in [2.75, 3.05) is 11.9 Å². The van der Waals surface area contributed by atoms with Crippen molar-refractivity contribution in [3.05, 3.63) is 30.1 Å². The van der Waals surface area contributed by atoms with Crippen molar-refractivity contribution in [1.29, 1.82) is 0 Å². The summed E-state index contributed by atoms with van der Waals surface area (Å²) in [4.78, 5) is 5.82. The average molecular weight is 223 g/mol. The van der Waals surface area contributed by atoms with Gasteiger partial charge in [-0.2, -0.15) is 0 Å². The van der Waals surface area contributed by atoms with Crippen molar-refractivity contribution in [2.24, 2.45) is 10.7 Å². The Morgan fingerprint density at radius 2 is 1.88 bits per heavy atom. The van der Waals surface area contributed by atoms with E-state index in [1.165, 1.54) is 6.07 Å². The van der Waals surface area contributed by atoms with Gasteiger partial charge in [0.25, 0.3) is 0 Å². The quantitative estimate of drug-likeness (QED) is 0.586. The van der Waals surface area contributed by atoms with Crippen LogP contribution in [0.25, 0.3) is 0 Å². The minimum absolute atomic E-state index is 0.274. The van der Waals surface area contributed by atoms with Gasteiger partial charge in [-0.25, -0.2) is 9.38 Å². The van der Waals surface area contributed by atoms with Crippen LogP contribution in [0, 0.1) is 5.82 Å². The molecule has 0 heterocycles. The summed E-state index contributed by atoms with van der Waals surface area (Å²) in [6, 6.07) is 6.47. The molecule has 1 aromatic rings. The highest BCUT2D eigenvalue weighted by Gasteiger charge is 2.13. The predicted molar refractivity (Wildman–Crippen MR) is 66.2 cm³/mol. The van der Waals surface area contributed by atoms with Crippen molar-refractivity contribution >= 4 is 11.6 Å². The molecule has 0 aromatic heterocycles. The zero-order valence-corrected chi connectivity index (χ0v) is 10.2. The summed E-state index contributed by atoms with van der Waals surface area (Å²) in [7, 11) is 1.70. The number of halogens is 1.